The summed E-state index contributed by atoms with van der Waals surface area (Å²) in [5, 5.41) is 19.2. The highest BCUT2D eigenvalue weighted by Gasteiger charge is 2.32. The largest absolute Gasteiger partial charge is 0.496 e. The number of hydrogen-bond donors (Lipinski definition) is 1. The summed E-state index contributed by atoms with van der Waals surface area (Å²) in [5.41, 5.74) is 2.45. The monoisotopic (exact) mass is 326 g/mol. The van der Waals surface area contributed by atoms with Crippen molar-refractivity contribution in [1.29, 1.82) is 5.26 Å². The molecule has 0 spiro atoms. The van der Waals surface area contributed by atoms with Gasteiger partial charge in [0.25, 0.3) is 0 Å². The maximum atomic E-state index is 13.2. The molecule has 5 heteroatoms. The van der Waals surface area contributed by atoms with E-state index >= 15 is 0 Å². The molecule has 1 saturated heterocycles. The minimum absolute atomic E-state index is 0.0102. The number of ether oxygens (including phenoxy) is 1. The number of benzene rings is 2. The number of β-amino-alcohol motifs (C(OH)–C–C–N with tert-alkyl or cyclic N) is 1. The Bertz CT molecular complexity index is 755. The van der Waals surface area contributed by atoms with E-state index in [1.54, 1.807) is 31.4 Å². The molecule has 1 heterocycles. The summed E-state index contributed by atoms with van der Waals surface area (Å²) in [6.45, 7) is 1.08. The molecule has 1 aliphatic heterocycles. The molecule has 4 nitrogen and oxygen atoms in total. The van der Waals surface area contributed by atoms with Crippen LogP contribution in [-0.4, -0.2) is 29.8 Å². The molecule has 0 saturated carbocycles. The van der Waals surface area contributed by atoms with Gasteiger partial charge in [0.05, 0.1) is 24.8 Å². The normalized spacial score (nSPS) is 20.8. The van der Waals surface area contributed by atoms with Crippen molar-refractivity contribution >= 4 is 0 Å². The summed E-state index contributed by atoms with van der Waals surface area (Å²) in [6, 6.07) is 13.9. The molecule has 2 aromatic carbocycles. The second-order valence-electron chi connectivity index (χ2n) is 6.02. The van der Waals surface area contributed by atoms with Crippen LogP contribution in [0.4, 0.5) is 4.39 Å². The summed E-state index contributed by atoms with van der Waals surface area (Å²) >= 11 is 0. The van der Waals surface area contributed by atoms with Crippen molar-refractivity contribution in [2.45, 2.75) is 25.1 Å². The van der Waals surface area contributed by atoms with E-state index in [0.29, 0.717) is 30.8 Å². The van der Waals surface area contributed by atoms with Crippen molar-refractivity contribution in [1.82, 2.24) is 4.90 Å². The molecule has 124 valence electrons. The quantitative estimate of drug-likeness (QED) is 0.938. The molecule has 0 radical (unpaired) electrons. The zero-order chi connectivity index (χ0) is 17.1. The van der Waals surface area contributed by atoms with E-state index in [0.717, 1.165) is 11.1 Å². The first-order valence-electron chi connectivity index (χ1n) is 7.85. The second kappa shape index (κ2) is 7.00. The molecule has 0 amide bonds. The van der Waals surface area contributed by atoms with E-state index in [2.05, 4.69) is 11.0 Å². The Morgan fingerprint density at radius 2 is 2.04 bits per heavy atom. The smallest absolute Gasteiger partial charge is 0.123 e. The predicted octanol–water partition coefficient (Wildman–Crippen LogP) is 3.01. The molecule has 2 atom stereocenters. The molecule has 2 aromatic rings. The Morgan fingerprint density at radius 1 is 1.29 bits per heavy atom. The molecule has 24 heavy (non-hydrogen) atoms. The molecule has 0 aliphatic carbocycles. The number of nitrogens with zero attached hydrogens (tertiary/aromatic N) is 2. The van der Waals surface area contributed by atoms with E-state index in [-0.39, 0.29) is 11.9 Å². The summed E-state index contributed by atoms with van der Waals surface area (Å²) in [6.07, 6.45) is 0.177. The molecule has 3 rings (SSSR count). The van der Waals surface area contributed by atoms with E-state index in [1.807, 2.05) is 6.07 Å². The standard InChI is InChI=1S/C19H19FN2O2/c1-24-19-7-2-13(10-21)8-15(19)11-22-12-17(23)9-18(22)14-3-5-16(20)6-4-14/h2-8,17-18,23H,9,11-12H2,1H3/t17-,18-/m1/s1. The van der Waals surface area contributed by atoms with Crippen LogP contribution >= 0.6 is 0 Å². The molecule has 1 aliphatic rings. The predicted molar refractivity (Wildman–Crippen MR) is 87.9 cm³/mol. The van der Waals surface area contributed by atoms with Crippen molar-refractivity contribution in [2.24, 2.45) is 0 Å². The first-order valence-corrected chi connectivity index (χ1v) is 7.85. The first-order chi connectivity index (χ1) is 11.6. The first kappa shape index (κ1) is 16.4. The molecule has 1 fully saturated rings. The van der Waals surface area contributed by atoms with Crippen LogP contribution in [0.25, 0.3) is 0 Å². The molecule has 1 N–H and O–H groups in total. The Labute approximate surface area is 140 Å². The van der Waals surface area contributed by atoms with Crippen LogP contribution in [-0.2, 0) is 6.54 Å². The van der Waals surface area contributed by atoms with Crippen LogP contribution in [0.5, 0.6) is 5.75 Å². The van der Waals surface area contributed by atoms with Gasteiger partial charge in [0.15, 0.2) is 0 Å². The average molecular weight is 326 g/mol. The summed E-state index contributed by atoms with van der Waals surface area (Å²) in [7, 11) is 1.60. The Balaban J connectivity index is 1.87. The van der Waals surface area contributed by atoms with Crippen molar-refractivity contribution in [3.8, 4) is 11.8 Å². The van der Waals surface area contributed by atoms with Gasteiger partial charge in [-0.05, 0) is 42.3 Å². The molecule has 0 unspecified atom stereocenters. The van der Waals surface area contributed by atoms with E-state index in [1.165, 1.54) is 12.1 Å². The topological polar surface area (TPSA) is 56.5 Å². The van der Waals surface area contributed by atoms with Crippen molar-refractivity contribution in [3.63, 3.8) is 0 Å². The van der Waals surface area contributed by atoms with Gasteiger partial charge in [-0.15, -0.1) is 0 Å². The minimum Gasteiger partial charge on any atom is -0.496 e. The maximum absolute atomic E-state index is 13.2. The number of likely N-dealkylation sites (tertiary alicyclic amines) is 1. The summed E-state index contributed by atoms with van der Waals surface area (Å²) in [5.74, 6) is 0.445. The number of halogens is 1. The van der Waals surface area contributed by atoms with Crippen molar-refractivity contribution in [2.75, 3.05) is 13.7 Å². The maximum Gasteiger partial charge on any atom is 0.123 e. The molecule has 0 bridgehead atoms. The number of hydrogen-bond acceptors (Lipinski definition) is 4. The number of aliphatic hydroxyl groups is 1. The highest BCUT2D eigenvalue weighted by Crippen LogP contribution is 2.35. The van der Waals surface area contributed by atoms with Crippen LogP contribution in [0.3, 0.4) is 0 Å². The van der Waals surface area contributed by atoms with Crippen LogP contribution in [0.2, 0.25) is 0 Å². The SMILES string of the molecule is COc1ccc(C#N)cc1CN1C[C@H](O)C[C@@H]1c1ccc(F)cc1. The fourth-order valence-electron chi connectivity index (χ4n) is 3.28. The Kier molecular flexibility index (Phi) is 4.79. The van der Waals surface area contributed by atoms with Crippen LogP contribution in [0.15, 0.2) is 42.5 Å². The highest BCUT2D eigenvalue weighted by molar-refractivity contribution is 5.42. The van der Waals surface area contributed by atoms with E-state index in [4.69, 9.17) is 10.00 Å². The van der Waals surface area contributed by atoms with Crippen molar-refractivity contribution < 1.29 is 14.2 Å². The molecule has 0 aromatic heterocycles. The van der Waals surface area contributed by atoms with Gasteiger partial charge in [-0.25, -0.2) is 4.39 Å². The fraction of sp³-hybridized carbons (Fsp3) is 0.316. The van der Waals surface area contributed by atoms with Crippen LogP contribution in [0.1, 0.15) is 29.2 Å². The summed E-state index contributed by atoms with van der Waals surface area (Å²) < 4.78 is 18.6. The van der Waals surface area contributed by atoms with E-state index in [9.17, 15) is 9.50 Å². The third-order valence-corrected chi connectivity index (χ3v) is 4.42. The van der Waals surface area contributed by atoms with Gasteiger partial charge >= 0.3 is 0 Å². The number of methoxy groups -OCH3 is 1. The lowest BCUT2D eigenvalue weighted by Gasteiger charge is -2.25. The zero-order valence-corrected chi connectivity index (χ0v) is 13.4. The van der Waals surface area contributed by atoms with Crippen molar-refractivity contribution in [3.05, 3.63) is 65.0 Å². The highest BCUT2D eigenvalue weighted by atomic mass is 19.1. The summed E-state index contributed by atoms with van der Waals surface area (Å²) in [4.78, 5) is 2.14. The van der Waals surface area contributed by atoms with Gasteiger partial charge < -0.3 is 9.84 Å². The van der Waals surface area contributed by atoms with Gasteiger partial charge in [0, 0.05) is 24.7 Å². The third kappa shape index (κ3) is 3.40. The molecular formula is C19H19FN2O2. The van der Waals surface area contributed by atoms with E-state index < -0.39 is 6.10 Å². The Morgan fingerprint density at radius 3 is 2.71 bits per heavy atom. The van der Waals surface area contributed by atoms with Crippen LogP contribution < -0.4 is 4.74 Å². The van der Waals surface area contributed by atoms with Gasteiger partial charge in [0.1, 0.15) is 11.6 Å². The lowest BCUT2D eigenvalue weighted by atomic mass is 10.0. The minimum atomic E-state index is -0.426. The third-order valence-electron chi connectivity index (χ3n) is 4.42. The lowest BCUT2D eigenvalue weighted by molar-refractivity contribution is 0.172. The Hall–Kier alpha value is -2.42. The van der Waals surface area contributed by atoms with Gasteiger partial charge in [-0.1, -0.05) is 12.1 Å². The lowest BCUT2D eigenvalue weighted by Crippen LogP contribution is -2.24. The fourth-order valence-corrected chi connectivity index (χ4v) is 3.28. The molecular weight excluding hydrogens is 307 g/mol. The van der Waals surface area contributed by atoms with Gasteiger partial charge in [0.2, 0.25) is 0 Å². The van der Waals surface area contributed by atoms with Gasteiger partial charge in [-0.2, -0.15) is 5.26 Å². The second-order valence-corrected chi connectivity index (χ2v) is 6.02. The van der Waals surface area contributed by atoms with Gasteiger partial charge in [-0.3, -0.25) is 4.90 Å². The number of nitriles is 1. The number of rotatable bonds is 4. The zero-order valence-electron chi connectivity index (χ0n) is 13.4. The van der Waals surface area contributed by atoms with Crippen LogP contribution in [0, 0.1) is 17.1 Å². The average Bonchev–Trinajstić information content (AvgIpc) is 2.95. The number of aliphatic hydroxyl groups excluding tert-OH is 1.